The molecule has 0 radical (unpaired) electrons. The fraction of sp³-hybridized carbons (Fsp3) is 0.857. The molecule has 0 aromatic rings. The van der Waals surface area contributed by atoms with Crippen molar-refractivity contribution in [1.82, 2.24) is 0 Å². The van der Waals surface area contributed by atoms with E-state index in [-0.39, 0.29) is 22.7 Å². The normalized spacial score (nSPS) is 15.6. The second-order valence-electron chi connectivity index (χ2n) is 10.7. The first kappa shape index (κ1) is 26.6. The lowest BCUT2D eigenvalue weighted by Crippen LogP contribution is -2.51. The second kappa shape index (κ2) is 9.85. The number of carbonyl (C=O) groups is 1. The first-order valence-corrected chi connectivity index (χ1v) is 16.1. The van der Waals surface area contributed by atoms with Gasteiger partial charge in [-0.1, -0.05) is 68.0 Å². The Morgan fingerprint density at radius 1 is 1.04 bits per heavy atom. The number of aliphatic hydroxyl groups is 1. The molecular weight excluding hydrogens is 372 g/mol. The SMILES string of the molecule is CCCCOC(=O)C=C(CO[Si](C)(C)C(C)(C)C)C(O)[Si](C)(C)C(C)(C)C. The van der Waals surface area contributed by atoms with Crippen LogP contribution >= 0.6 is 0 Å². The maximum absolute atomic E-state index is 12.3. The van der Waals surface area contributed by atoms with Gasteiger partial charge in [0.15, 0.2) is 8.32 Å². The van der Waals surface area contributed by atoms with Gasteiger partial charge in [-0.25, -0.2) is 4.79 Å². The van der Waals surface area contributed by atoms with E-state index >= 15 is 0 Å². The summed E-state index contributed by atoms with van der Waals surface area (Å²) < 4.78 is 11.6. The van der Waals surface area contributed by atoms with Gasteiger partial charge in [0.1, 0.15) is 0 Å². The van der Waals surface area contributed by atoms with Crippen molar-refractivity contribution in [3.8, 4) is 0 Å². The fourth-order valence-electron chi connectivity index (χ4n) is 2.06. The number of unbranched alkanes of at least 4 members (excludes halogenated alkanes) is 1. The highest BCUT2D eigenvalue weighted by Gasteiger charge is 2.44. The van der Waals surface area contributed by atoms with Crippen LogP contribution in [0.25, 0.3) is 0 Å². The van der Waals surface area contributed by atoms with Crippen molar-refractivity contribution >= 4 is 22.4 Å². The Balaban J connectivity index is 5.61. The minimum atomic E-state index is -2.10. The molecule has 0 aliphatic heterocycles. The molecule has 0 rings (SSSR count). The molecule has 0 fully saturated rings. The van der Waals surface area contributed by atoms with Gasteiger partial charge >= 0.3 is 5.97 Å². The monoisotopic (exact) mass is 416 g/mol. The molecule has 1 atom stereocenters. The zero-order valence-electron chi connectivity index (χ0n) is 19.7. The lowest BCUT2D eigenvalue weighted by molar-refractivity contribution is -0.138. The average molecular weight is 417 g/mol. The van der Waals surface area contributed by atoms with E-state index in [1.54, 1.807) is 0 Å². The number of ether oxygens (including phenoxy) is 1. The summed E-state index contributed by atoms with van der Waals surface area (Å²) in [6.45, 7) is 24.5. The summed E-state index contributed by atoms with van der Waals surface area (Å²) in [5.74, 6) is -0.380. The molecular formula is C21H44O4Si2. The third kappa shape index (κ3) is 7.83. The minimum absolute atomic E-state index is 0.00536. The third-order valence-corrected chi connectivity index (χ3v) is 16.5. The van der Waals surface area contributed by atoms with Crippen molar-refractivity contribution in [3.05, 3.63) is 11.6 Å². The van der Waals surface area contributed by atoms with E-state index in [1.165, 1.54) is 6.08 Å². The van der Waals surface area contributed by atoms with E-state index in [0.29, 0.717) is 12.2 Å². The molecule has 0 aliphatic rings. The first-order chi connectivity index (χ1) is 12.0. The number of aliphatic hydroxyl groups excluding tert-OH is 1. The predicted octanol–water partition coefficient (Wildman–Crippen LogP) is 5.69. The van der Waals surface area contributed by atoms with Gasteiger partial charge in [-0.3, -0.25) is 0 Å². The molecule has 1 N–H and O–H groups in total. The predicted molar refractivity (Wildman–Crippen MR) is 120 cm³/mol. The standard InChI is InChI=1S/C21H44O4Si2/c1-12-13-14-24-18(22)15-17(16-25-27(10,11)21(5,6)7)19(23)26(8,9)20(2,3)4/h15,19,23H,12-14,16H2,1-11H3. The highest BCUT2D eigenvalue weighted by molar-refractivity contribution is 6.82. The number of hydrogen-bond donors (Lipinski definition) is 1. The molecule has 0 bridgehead atoms. The van der Waals surface area contributed by atoms with Crippen LogP contribution in [0.4, 0.5) is 0 Å². The molecule has 0 spiro atoms. The van der Waals surface area contributed by atoms with Crippen LogP contribution in [-0.2, 0) is 14.0 Å². The summed E-state index contributed by atoms with van der Waals surface area (Å²) in [7, 11) is -4.09. The largest absolute Gasteiger partial charge is 0.463 e. The highest BCUT2D eigenvalue weighted by Crippen LogP contribution is 2.41. The van der Waals surface area contributed by atoms with Crippen LogP contribution < -0.4 is 0 Å². The van der Waals surface area contributed by atoms with Crippen molar-refractivity contribution in [3.63, 3.8) is 0 Å². The molecule has 160 valence electrons. The van der Waals surface area contributed by atoms with Crippen LogP contribution in [0.2, 0.25) is 36.3 Å². The molecule has 4 nitrogen and oxygen atoms in total. The quantitative estimate of drug-likeness (QED) is 0.227. The zero-order valence-corrected chi connectivity index (χ0v) is 21.7. The summed E-state index contributed by atoms with van der Waals surface area (Å²) in [6, 6.07) is 0. The molecule has 0 heterocycles. The first-order valence-electron chi connectivity index (χ1n) is 10.2. The van der Waals surface area contributed by atoms with Crippen molar-refractivity contribution in [2.45, 2.75) is 103 Å². The summed E-state index contributed by atoms with van der Waals surface area (Å²) in [5, 5.41) is 11.3. The number of esters is 1. The van der Waals surface area contributed by atoms with Gasteiger partial charge in [-0.05, 0) is 35.2 Å². The van der Waals surface area contributed by atoms with E-state index in [9.17, 15) is 9.90 Å². The Morgan fingerprint density at radius 3 is 1.96 bits per heavy atom. The van der Waals surface area contributed by atoms with Gasteiger partial charge < -0.3 is 14.3 Å². The molecule has 1 unspecified atom stereocenters. The smallest absolute Gasteiger partial charge is 0.330 e. The third-order valence-electron chi connectivity index (χ3n) is 6.42. The van der Waals surface area contributed by atoms with E-state index in [4.69, 9.17) is 9.16 Å². The molecule has 0 amide bonds. The van der Waals surface area contributed by atoms with Gasteiger partial charge in [-0.15, -0.1) is 0 Å². The maximum Gasteiger partial charge on any atom is 0.330 e. The summed E-state index contributed by atoms with van der Waals surface area (Å²) >= 11 is 0. The molecule has 6 heteroatoms. The average Bonchev–Trinajstić information content (AvgIpc) is 2.48. The topological polar surface area (TPSA) is 55.8 Å². The summed E-state index contributed by atoms with van der Waals surface area (Å²) in [6.07, 6.45) is 3.30. The van der Waals surface area contributed by atoms with Crippen molar-refractivity contribution < 1.29 is 19.1 Å². The van der Waals surface area contributed by atoms with Gasteiger partial charge in [0.2, 0.25) is 0 Å². The Hall–Kier alpha value is -0.436. The van der Waals surface area contributed by atoms with Gasteiger partial charge in [0, 0.05) is 6.08 Å². The van der Waals surface area contributed by atoms with Gasteiger partial charge in [0.05, 0.1) is 27.0 Å². The van der Waals surface area contributed by atoms with Crippen molar-refractivity contribution in [2.24, 2.45) is 0 Å². The van der Waals surface area contributed by atoms with Crippen LogP contribution in [0, 0.1) is 0 Å². The van der Waals surface area contributed by atoms with Crippen LogP contribution in [-0.4, -0.2) is 46.4 Å². The Bertz CT molecular complexity index is 511. The molecule has 0 aromatic heterocycles. The minimum Gasteiger partial charge on any atom is -0.463 e. The Morgan fingerprint density at radius 2 is 1.56 bits per heavy atom. The molecule has 0 aliphatic carbocycles. The summed E-state index contributed by atoms with van der Waals surface area (Å²) in [4.78, 5) is 12.3. The van der Waals surface area contributed by atoms with Crippen LogP contribution in [0.3, 0.4) is 0 Å². The lowest BCUT2D eigenvalue weighted by atomic mass is 10.2. The molecule has 27 heavy (non-hydrogen) atoms. The second-order valence-corrected chi connectivity index (χ2v) is 21.0. The molecule has 0 saturated heterocycles. The maximum atomic E-state index is 12.3. The van der Waals surface area contributed by atoms with Crippen LogP contribution in [0.1, 0.15) is 61.3 Å². The van der Waals surface area contributed by atoms with E-state index in [0.717, 1.165) is 12.8 Å². The van der Waals surface area contributed by atoms with E-state index < -0.39 is 22.1 Å². The number of rotatable bonds is 9. The van der Waals surface area contributed by atoms with Crippen LogP contribution in [0.5, 0.6) is 0 Å². The molecule has 0 aromatic carbocycles. The Labute approximate surface area is 169 Å². The van der Waals surface area contributed by atoms with E-state index in [2.05, 4.69) is 74.7 Å². The van der Waals surface area contributed by atoms with E-state index in [1.807, 2.05) is 0 Å². The number of hydrogen-bond acceptors (Lipinski definition) is 4. The van der Waals surface area contributed by atoms with Crippen molar-refractivity contribution in [1.29, 1.82) is 0 Å². The fourth-order valence-corrected chi connectivity index (χ4v) is 4.94. The molecule has 0 saturated carbocycles. The Kier molecular flexibility index (Phi) is 9.69. The van der Waals surface area contributed by atoms with Crippen LogP contribution in [0.15, 0.2) is 11.6 Å². The zero-order chi connectivity index (χ0) is 21.7. The van der Waals surface area contributed by atoms with Gasteiger partial charge in [0.25, 0.3) is 0 Å². The summed E-state index contributed by atoms with van der Waals surface area (Å²) in [5.41, 5.74) is 0.00825. The van der Waals surface area contributed by atoms with Crippen molar-refractivity contribution in [2.75, 3.05) is 13.2 Å². The highest BCUT2D eigenvalue weighted by atomic mass is 28.4. The number of carbonyl (C=O) groups excluding carboxylic acids is 1. The van der Waals surface area contributed by atoms with Gasteiger partial charge in [-0.2, -0.15) is 0 Å². The lowest BCUT2D eigenvalue weighted by Gasteiger charge is -2.42.